The van der Waals surface area contributed by atoms with Gasteiger partial charge in [-0.3, -0.25) is 0 Å². The Morgan fingerprint density at radius 1 is 0.458 bits per heavy atom. The molecule has 0 heterocycles. The van der Waals surface area contributed by atoms with Gasteiger partial charge in [-0.25, -0.2) is 9.78 Å². The molecule has 0 aromatic carbocycles. The average molecular weight is 354 g/mol. The Hall–Kier alpha value is -0.660. The maximum atomic E-state index is 5.61. The predicted octanol–water partition coefficient (Wildman–Crippen LogP) is 0.376. The summed E-state index contributed by atoms with van der Waals surface area (Å²) in [6, 6.07) is 0. The molecule has 1 aliphatic carbocycles. The molecule has 0 N–H and O–H groups in total. The van der Waals surface area contributed by atoms with Crippen molar-refractivity contribution in [3.63, 3.8) is 0 Å². The van der Waals surface area contributed by atoms with Gasteiger partial charge in [0.15, 0.2) is 0 Å². The molecular weight excluding hydrogens is 328 g/mol. The summed E-state index contributed by atoms with van der Waals surface area (Å²) in [5.74, 6) is -7.36. The molecule has 0 aliphatic heterocycles. The van der Waals surface area contributed by atoms with Gasteiger partial charge in [-0.1, -0.05) is 0 Å². The summed E-state index contributed by atoms with van der Waals surface area (Å²) in [5.41, 5.74) is 0. The van der Waals surface area contributed by atoms with Crippen molar-refractivity contribution in [1.29, 1.82) is 0 Å². The lowest BCUT2D eigenvalue weighted by molar-refractivity contribution is -0.593. The van der Waals surface area contributed by atoms with Crippen molar-refractivity contribution in [3.05, 3.63) is 12.2 Å². The SMILES string of the molecule is COOC1(OC)C=CC(OC)(OC)C(OC)(OOC)C1(OC)OC. The first-order chi connectivity index (χ1) is 11.4. The van der Waals surface area contributed by atoms with Gasteiger partial charge in [0.1, 0.15) is 0 Å². The molecule has 142 valence electrons. The van der Waals surface area contributed by atoms with Crippen molar-refractivity contribution in [3.8, 4) is 0 Å². The van der Waals surface area contributed by atoms with Gasteiger partial charge in [-0.2, -0.15) is 9.78 Å². The Morgan fingerprint density at radius 3 is 1.21 bits per heavy atom. The third-order valence-corrected chi connectivity index (χ3v) is 4.05. The topological polar surface area (TPSA) is 92.3 Å². The van der Waals surface area contributed by atoms with E-state index in [1.54, 1.807) is 0 Å². The molecule has 0 fully saturated rings. The molecule has 0 bridgehead atoms. The van der Waals surface area contributed by atoms with Crippen LogP contribution in [0.2, 0.25) is 0 Å². The van der Waals surface area contributed by atoms with Gasteiger partial charge >= 0.3 is 5.79 Å². The molecule has 24 heavy (non-hydrogen) atoms. The highest BCUT2D eigenvalue weighted by molar-refractivity contribution is 5.25. The third kappa shape index (κ3) is 2.51. The standard InChI is InChI=1S/C14H26O10/c1-15-11(16-2)9-10-12(17-3,23-21-7)13(18-4,19-5)14(11,20-6)24-22-8/h9-10H,1-8H3. The van der Waals surface area contributed by atoms with E-state index >= 15 is 0 Å². The first-order valence-electron chi connectivity index (χ1n) is 6.89. The molecule has 0 saturated heterocycles. The van der Waals surface area contributed by atoms with Crippen LogP contribution in [-0.2, 0) is 48.0 Å². The molecule has 0 aromatic rings. The normalized spacial score (nSPS) is 31.3. The van der Waals surface area contributed by atoms with Crippen LogP contribution in [0.25, 0.3) is 0 Å². The van der Waals surface area contributed by atoms with Gasteiger partial charge in [-0.05, 0) is 12.2 Å². The predicted molar refractivity (Wildman–Crippen MR) is 78.3 cm³/mol. The second kappa shape index (κ2) is 8.15. The molecule has 0 saturated carbocycles. The minimum atomic E-state index is -2.00. The largest absolute Gasteiger partial charge is 0.345 e. The van der Waals surface area contributed by atoms with Crippen LogP contribution in [0.15, 0.2) is 12.2 Å². The first-order valence-corrected chi connectivity index (χ1v) is 6.89. The van der Waals surface area contributed by atoms with Crippen LogP contribution in [0.5, 0.6) is 0 Å². The highest BCUT2D eigenvalue weighted by atomic mass is 17.2. The summed E-state index contributed by atoms with van der Waals surface area (Å²) in [4.78, 5) is 20.4. The highest BCUT2D eigenvalue weighted by Crippen LogP contribution is 2.54. The van der Waals surface area contributed by atoms with Crippen LogP contribution in [0.1, 0.15) is 0 Å². The van der Waals surface area contributed by atoms with Crippen LogP contribution >= 0.6 is 0 Å². The number of hydrogen-bond acceptors (Lipinski definition) is 10. The summed E-state index contributed by atoms with van der Waals surface area (Å²) >= 11 is 0. The van der Waals surface area contributed by atoms with Crippen molar-refractivity contribution in [2.45, 2.75) is 23.1 Å². The van der Waals surface area contributed by atoms with E-state index in [0.29, 0.717) is 0 Å². The van der Waals surface area contributed by atoms with Crippen LogP contribution in [0, 0.1) is 0 Å². The summed E-state index contributed by atoms with van der Waals surface area (Å²) in [7, 11) is 10.7. The first kappa shape index (κ1) is 21.4. The van der Waals surface area contributed by atoms with Gasteiger partial charge < -0.3 is 28.4 Å². The van der Waals surface area contributed by atoms with Gasteiger partial charge in [0, 0.05) is 42.7 Å². The zero-order chi connectivity index (χ0) is 18.5. The minimum absolute atomic E-state index is 1.27. The Balaban J connectivity index is 3.86. The molecule has 0 spiro atoms. The molecule has 10 nitrogen and oxygen atoms in total. The fourth-order valence-corrected chi connectivity index (χ4v) is 3.01. The van der Waals surface area contributed by atoms with Crippen molar-refractivity contribution in [2.24, 2.45) is 0 Å². The molecule has 1 rings (SSSR count). The molecule has 2 unspecified atom stereocenters. The number of hydrogen-bond donors (Lipinski definition) is 0. The van der Waals surface area contributed by atoms with E-state index in [4.69, 9.17) is 48.0 Å². The maximum absolute atomic E-state index is 5.61. The lowest BCUT2D eigenvalue weighted by Gasteiger charge is -2.58. The average Bonchev–Trinajstić information content (AvgIpc) is 2.62. The van der Waals surface area contributed by atoms with E-state index in [0.717, 1.165) is 0 Å². The molecule has 1 aliphatic rings. The van der Waals surface area contributed by atoms with Crippen LogP contribution in [-0.4, -0.2) is 80.0 Å². The number of rotatable bonds is 10. The summed E-state index contributed by atoms with van der Waals surface area (Å²) in [6.07, 6.45) is 2.89. The van der Waals surface area contributed by atoms with E-state index < -0.39 is 23.1 Å². The van der Waals surface area contributed by atoms with Gasteiger partial charge in [-0.15, -0.1) is 0 Å². The van der Waals surface area contributed by atoms with Crippen LogP contribution in [0.3, 0.4) is 0 Å². The third-order valence-electron chi connectivity index (χ3n) is 4.05. The van der Waals surface area contributed by atoms with Crippen molar-refractivity contribution >= 4 is 0 Å². The lowest BCUT2D eigenvalue weighted by Crippen LogP contribution is -2.81. The number of methoxy groups -OCH3 is 6. The summed E-state index contributed by atoms with van der Waals surface area (Å²) in [6.45, 7) is 0. The fourth-order valence-electron chi connectivity index (χ4n) is 3.01. The molecule has 0 radical (unpaired) electrons. The Kier molecular flexibility index (Phi) is 7.26. The van der Waals surface area contributed by atoms with E-state index in [9.17, 15) is 0 Å². The van der Waals surface area contributed by atoms with Gasteiger partial charge in [0.25, 0.3) is 17.4 Å². The Bertz CT molecular complexity index is 420. The van der Waals surface area contributed by atoms with E-state index in [2.05, 4.69) is 0 Å². The highest BCUT2D eigenvalue weighted by Gasteiger charge is 2.81. The fraction of sp³-hybridized carbons (Fsp3) is 0.857. The summed E-state index contributed by atoms with van der Waals surface area (Å²) < 4.78 is 33.3. The monoisotopic (exact) mass is 354 g/mol. The molecule has 0 amide bonds. The maximum Gasteiger partial charge on any atom is 0.320 e. The van der Waals surface area contributed by atoms with Crippen molar-refractivity contribution in [1.82, 2.24) is 0 Å². The van der Waals surface area contributed by atoms with Crippen molar-refractivity contribution in [2.75, 3.05) is 56.9 Å². The Morgan fingerprint density at radius 2 is 0.875 bits per heavy atom. The molecule has 2 atom stereocenters. The summed E-state index contributed by atoms with van der Waals surface area (Å²) in [5, 5.41) is 0. The quantitative estimate of drug-likeness (QED) is 0.237. The van der Waals surface area contributed by atoms with Gasteiger partial charge in [0.2, 0.25) is 0 Å². The second-order valence-corrected chi connectivity index (χ2v) is 4.63. The second-order valence-electron chi connectivity index (χ2n) is 4.63. The van der Waals surface area contributed by atoms with E-state index in [1.165, 1.54) is 69.0 Å². The van der Waals surface area contributed by atoms with Gasteiger partial charge in [0.05, 0.1) is 14.2 Å². The van der Waals surface area contributed by atoms with Crippen molar-refractivity contribution < 1.29 is 48.0 Å². The van der Waals surface area contributed by atoms with E-state index in [1.807, 2.05) is 0 Å². The zero-order valence-corrected chi connectivity index (χ0v) is 15.2. The smallest absolute Gasteiger partial charge is 0.320 e. The van der Waals surface area contributed by atoms with Crippen LogP contribution in [0.4, 0.5) is 0 Å². The lowest BCUT2D eigenvalue weighted by atomic mass is 9.82. The molecular formula is C14H26O10. The Labute approximate surface area is 141 Å². The number of ether oxygens (including phenoxy) is 6. The molecule has 0 aromatic heterocycles. The zero-order valence-electron chi connectivity index (χ0n) is 15.2. The van der Waals surface area contributed by atoms with E-state index in [-0.39, 0.29) is 0 Å². The molecule has 10 heteroatoms. The minimum Gasteiger partial charge on any atom is -0.345 e. The van der Waals surface area contributed by atoms with Crippen LogP contribution < -0.4 is 0 Å².